The second-order valence-corrected chi connectivity index (χ2v) is 7.46. The summed E-state index contributed by atoms with van der Waals surface area (Å²) in [4.78, 5) is 20.4. The molecule has 166 valence electrons. The summed E-state index contributed by atoms with van der Waals surface area (Å²) in [7, 11) is 0. The maximum absolute atomic E-state index is 13.0. The SMILES string of the molecule is CCCOC(=NC(=O)c1ccccc1Cl)N1CCN(c2cccc(C(F)(F)F)c2)CC1. The molecule has 0 atom stereocenters. The molecular weight excluding hydrogens is 431 g/mol. The molecular formula is C22H23ClF3N3O2. The monoisotopic (exact) mass is 453 g/mol. The summed E-state index contributed by atoms with van der Waals surface area (Å²) in [5, 5.41) is 0.306. The van der Waals surface area contributed by atoms with Crippen LogP contribution >= 0.6 is 11.6 Å². The fourth-order valence-electron chi connectivity index (χ4n) is 3.20. The number of rotatable bonds is 4. The molecule has 0 spiro atoms. The van der Waals surface area contributed by atoms with Gasteiger partial charge in [-0.2, -0.15) is 18.2 Å². The molecule has 0 aliphatic carbocycles. The second kappa shape index (κ2) is 10.0. The van der Waals surface area contributed by atoms with Gasteiger partial charge in [-0.1, -0.05) is 36.7 Å². The van der Waals surface area contributed by atoms with E-state index >= 15 is 0 Å². The molecule has 2 aromatic carbocycles. The lowest BCUT2D eigenvalue weighted by Gasteiger charge is -2.37. The standard InChI is InChI=1S/C22H23ClF3N3O2/c1-2-14-31-21(27-20(30)18-8-3-4-9-19(18)23)29-12-10-28(11-13-29)17-7-5-6-16(15-17)22(24,25)26/h3-9,15H,2,10-14H2,1H3. The Hall–Kier alpha value is -2.74. The number of ether oxygens (including phenoxy) is 1. The number of hydrogen-bond acceptors (Lipinski definition) is 3. The van der Waals surface area contributed by atoms with Gasteiger partial charge in [-0.15, -0.1) is 0 Å². The zero-order valence-electron chi connectivity index (χ0n) is 17.0. The number of piperazine rings is 1. The first kappa shape index (κ1) is 22.9. The molecule has 1 heterocycles. The minimum Gasteiger partial charge on any atom is -0.465 e. The van der Waals surface area contributed by atoms with Gasteiger partial charge in [0.05, 0.1) is 22.8 Å². The van der Waals surface area contributed by atoms with Crippen molar-refractivity contribution in [2.24, 2.45) is 4.99 Å². The van der Waals surface area contributed by atoms with Crippen LogP contribution in [-0.4, -0.2) is 49.6 Å². The highest BCUT2D eigenvalue weighted by Gasteiger charge is 2.31. The number of nitrogens with zero attached hydrogens (tertiary/aromatic N) is 3. The van der Waals surface area contributed by atoms with E-state index in [0.717, 1.165) is 18.6 Å². The average Bonchev–Trinajstić information content (AvgIpc) is 2.76. The van der Waals surface area contributed by atoms with Crippen molar-refractivity contribution in [2.45, 2.75) is 19.5 Å². The zero-order valence-corrected chi connectivity index (χ0v) is 17.8. The lowest BCUT2D eigenvalue weighted by Crippen LogP contribution is -2.49. The number of carbonyl (C=O) groups is 1. The van der Waals surface area contributed by atoms with Gasteiger partial charge >= 0.3 is 6.18 Å². The van der Waals surface area contributed by atoms with Crippen LogP contribution in [-0.2, 0) is 10.9 Å². The maximum Gasteiger partial charge on any atom is 0.416 e. The van der Waals surface area contributed by atoms with E-state index in [4.69, 9.17) is 16.3 Å². The summed E-state index contributed by atoms with van der Waals surface area (Å²) >= 11 is 6.09. The van der Waals surface area contributed by atoms with Crippen LogP contribution in [0.3, 0.4) is 0 Å². The van der Waals surface area contributed by atoms with Crippen LogP contribution in [0.1, 0.15) is 29.3 Å². The Balaban J connectivity index is 1.73. The molecule has 1 aliphatic heterocycles. The number of hydrogen-bond donors (Lipinski definition) is 0. The predicted molar refractivity (Wildman–Crippen MR) is 115 cm³/mol. The van der Waals surface area contributed by atoms with Crippen molar-refractivity contribution in [1.82, 2.24) is 4.90 Å². The topological polar surface area (TPSA) is 45.1 Å². The highest BCUT2D eigenvalue weighted by molar-refractivity contribution is 6.34. The molecule has 0 radical (unpaired) electrons. The van der Waals surface area contributed by atoms with E-state index in [1.54, 1.807) is 30.3 Å². The van der Waals surface area contributed by atoms with E-state index < -0.39 is 17.6 Å². The number of amidine groups is 1. The summed E-state index contributed by atoms with van der Waals surface area (Å²) in [5.74, 6) is -0.503. The Kier molecular flexibility index (Phi) is 7.43. The van der Waals surface area contributed by atoms with E-state index in [-0.39, 0.29) is 11.6 Å². The molecule has 3 rings (SSSR count). The first-order chi connectivity index (χ1) is 14.8. The first-order valence-corrected chi connectivity index (χ1v) is 10.3. The number of carbonyl (C=O) groups excluding carboxylic acids is 1. The summed E-state index contributed by atoms with van der Waals surface area (Å²) < 4.78 is 44.7. The molecule has 1 fully saturated rings. The highest BCUT2D eigenvalue weighted by Crippen LogP contribution is 2.32. The number of anilines is 1. The van der Waals surface area contributed by atoms with Gasteiger partial charge in [0.2, 0.25) is 0 Å². The Morgan fingerprint density at radius 2 is 1.81 bits per heavy atom. The summed E-state index contributed by atoms with van der Waals surface area (Å²) in [6.07, 6.45) is -3.64. The van der Waals surface area contributed by atoms with Crippen LogP contribution in [0, 0.1) is 0 Å². The van der Waals surface area contributed by atoms with E-state index in [1.165, 1.54) is 6.07 Å². The predicted octanol–water partition coefficient (Wildman–Crippen LogP) is 5.10. The van der Waals surface area contributed by atoms with Gasteiger partial charge in [0.1, 0.15) is 0 Å². The van der Waals surface area contributed by atoms with Gasteiger partial charge in [0.25, 0.3) is 11.9 Å². The Morgan fingerprint density at radius 3 is 2.45 bits per heavy atom. The van der Waals surface area contributed by atoms with E-state index in [1.807, 2.05) is 16.7 Å². The third-order valence-corrected chi connectivity index (χ3v) is 5.16. The lowest BCUT2D eigenvalue weighted by atomic mass is 10.1. The van der Waals surface area contributed by atoms with E-state index in [2.05, 4.69) is 4.99 Å². The number of halogens is 4. The average molecular weight is 454 g/mol. The maximum atomic E-state index is 13.0. The van der Waals surface area contributed by atoms with Gasteiger partial charge in [-0.25, -0.2) is 0 Å². The molecule has 0 unspecified atom stereocenters. The van der Waals surface area contributed by atoms with Crippen molar-refractivity contribution in [3.63, 3.8) is 0 Å². The van der Waals surface area contributed by atoms with Crippen LogP contribution in [0.25, 0.3) is 0 Å². The Morgan fingerprint density at radius 1 is 1.10 bits per heavy atom. The smallest absolute Gasteiger partial charge is 0.416 e. The molecule has 0 aromatic heterocycles. The number of amides is 1. The molecule has 0 bridgehead atoms. The van der Waals surface area contributed by atoms with Crippen LogP contribution in [0.2, 0.25) is 5.02 Å². The van der Waals surface area contributed by atoms with Crippen molar-refractivity contribution in [3.05, 3.63) is 64.7 Å². The number of alkyl halides is 3. The molecule has 1 aliphatic rings. The van der Waals surface area contributed by atoms with Crippen LogP contribution in [0.15, 0.2) is 53.5 Å². The quantitative estimate of drug-likeness (QED) is 0.477. The van der Waals surface area contributed by atoms with Gasteiger partial charge in [-0.3, -0.25) is 4.79 Å². The van der Waals surface area contributed by atoms with Crippen LogP contribution in [0.5, 0.6) is 0 Å². The van der Waals surface area contributed by atoms with Gasteiger partial charge in [-0.05, 0) is 36.8 Å². The minimum absolute atomic E-state index is 0.204. The summed E-state index contributed by atoms with van der Waals surface area (Å²) in [6, 6.07) is 12.1. The van der Waals surface area contributed by atoms with Gasteiger partial charge < -0.3 is 14.5 Å². The molecule has 0 saturated carbocycles. The van der Waals surface area contributed by atoms with Gasteiger partial charge in [0, 0.05) is 31.9 Å². The summed E-state index contributed by atoms with van der Waals surface area (Å²) in [6.45, 7) is 4.18. The molecule has 31 heavy (non-hydrogen) atoms. The molecule has 1 saturated heterocycles. The summed E-state index contributed by atoms with van der Waals surface area (Å²) in [5.41, 5.74) is 0.116. The van der Waals surface area contributed by atoms with E-state index in [0.29, 0.717) is 43.5 Å². The van der Waals surface area contributed by atoms with Crippen LogP contribution in [0.4, 0.5) is 18.9 Å². The van der Waals surface area contributed by atoms with Crippen LogP contribution < -0.4 is 4.90 Å². The molecule has 2 aromatic rings. The number of aliphatic imine (C=N–C) groups is 1. The zero-order chi connectivity index (χ0) is 22.4. The Bertz CT molecular complexity index is 942. The van der Waals surface area contributed by atoms with Crippen molar-refractivity contribution in [2.75, 3.05) is 37.7 Å². The van der Waals surface area contributed by atoms with Crippen molar-refractivity contribution in [3.8, 4) is 0 Å². The van der Waals surface area contributed by atoms with Crippen molar-refractivity contribution < 1.29 is 22.7 Å². The first-order valence-electron chi connectivity index (χ1n) is 9.97. The minimum atomic E-state index is -4.38. The molecule has 5 nitrogen and oxygen atoms in total. The largest absolute Gasteiger partial charge is 0.465 e. The third-order valence-electron chi connectivity index (χ3n) is 4.83. The fourth-order valence-corrected chi connectivity index (χ4v) is 3.42. The fraction of sp³-hybridized carbons (Fsp3) is 0.364. The molecule has 1 amide bonds. The lowest BCUT2D eigenvalue weighted by molar-refractivity contribution is -0.137. The van der Waals surface area contributed by atoms with Gasteiger partial charge in [0.15, 0.2) is 0 Å². The molecule has 0 N–H and O–H groups in total. The van der Waals surface area contributed by atoms with Crippen molar-refractivity contribution in [1.29, 1.82) is 0 Å². The second-order valence-electron chi connectivity index (χ2n) is 7.05. The van der Waals surface area contributed by atoms with Crippen molar-refractivity contribution >= 4 is 29.2 Å². The number of benzene rings is 2. The molecule has 9 heteroatoms. The Labute approximate surface area is 184 Å². The van der Waals surface area contributed by atoms with E-state index in [9.17, 15) is 18.0 Å². The highest BCUT2D eigenvalue weighted by atomic mass is 35.5. The third kappa shape index (κ3) is 5.91. The normalized spacial score (nSPS) is 15.2.